The largest absolute Gasteiger partial charge is 0.493 e. The van der Waals surface area contributed by atoms with E-state index >= 15 is 0 Å². The Hall–Kier alpha value is -3.82. The summed E-state index contributed by atoms with van der Waals surface area (Å²) in [5, 5.41) is 10.6. The van der Waals surface area contributed by atoms with Gasteiger partial charge in [0.2, 0.25) is 0 Å². The van der Waals surface area contributed by atoms with E-state index in [0.717, 1.165) is 12.1 Å². The van der Waals surface area contributed by atoms with E-state index in [-0.39, 0.29) is 22.7 Å². The fourth-order valence-electron chi connectivity index (χ4n) is 2.17. The van der Waals surface area contributed by atoms with Crippen LogP contribution in [0.1, 0.15) is 15.9 Å². The molecule has 0 heterocycles. The number of benzene rings is 2. The summed E-state index contributed by atoms with van der Waals surface area (Å²) in [7, 11) is 1.23. The van der Waals surface area contributed by atoms with Gasteiger partial charge in [-0.1, -0.05) is 0 Å². The molecule has 0 amide bonds. The van der Waals surface area contributed by atoms with Gasteiger partial charge in [0.05, 0.1) is 12.0 Å². The van der Waals surface area contributed by atoms with E-state index in [1.165, 1.54) is 49.6 Å². The van der Waals surface area contributed by atoms with Crippen LogP contribution in [0.5, 0.6) is 11.5 Å². The summed E-state index contributed by atoms with van der Waals surface area (Å²) in [6.07, 6.45) is 2.44. The van der Waals surface area contributed by atoms with Crippen LogP contribution in [0.2, 0.25) is 0 Å². The Kier molecular flexibility index (Phi) is 7.35. The Balaban J connectivity index is 1.94. The van der Waals surface area contributed by atoms with Crippen molar-refractivity contribution in [2.75, 3.05) is 13.7 Å². The molecule has 0 aromatic heterocycles. The monoisotopic (exact) mass is 407 g/mol. The Bertz CT molecular complexity index is 927. The highest BCUT2D eigenvalue weighted by molar-refractivity contribution is 5.99. The summed E-state index contributed by atoms with van der Waals surface area (Å²) in [4.78, 5) is 33.9. The lowest BCUT2D eigenvalue weighted by atomic mass is 10.1. The summed E-state index contributed by atoms with van der Waals surface area (Å²) >= 11 is 0. The standard InChI is InChI=1S/C19H15F2NO7/c1-27-17-10-13(5-8-16(17)29-19(20)21)15(23)11-28-18(24)9-4-12-2-6-14(7-3-12)22(25)26/h2-10,19H,11H2,1H3/b9-4+. The maximum atomic E-state index is 12.3. The molecule has 0 fully saturated rings. The highest BCUT2D eigenvalue weighted by Gasteiger charge is 2.15. The number of rotatable bonds is 9. The first-order valence-electron chi connectivity index (χ1n) is 8.05. The molecule has 0 aliphatic rings. The van der Waals surface area contributed by atoms with Gasteiger partial charge in [0.1, 0.15) is 0 Å². The molecule has 2 aromatic carbocycles. The number of ketones is 1. The van der Waals surface area contributed by atoms with Crippen molar-refractivity contribution in [1.29, 1.82) is 0 Å². The van der Waals surface area contributed by atoms with Crippen LogP contribution in [-0.4, -0.2) is 37.0 Å². The Morgan fingerprint density at radius 1 is 1.14 bits per heavy atom. The SMILES string of the molecule is COc1cc(C(=O)COC(=O)/C=C/c2ccc([N+](=O)[O-])cc2)ccc1OC(F)F. The lowest BCUT2D eigenvalue weighted by molar-refractivity contribution is -0.384. The van der Waals surface area contributed by atoms with Crippen LogP contribution in [0.3, 0.4) is 0 Å². The number of halogens is 2. The second-order valence-corrected chi connectivity index (χ2v) is 5.46. The zero-order valence-corrected chi connectivity index (χ0v) is 15.0. The van der Waals surface area contributed by atoms with Crippen LogP contribution in [0.25, 0.3) is 6.08 Å². The molecule has 2 rings (SSSR count). The first kappa shape index (κ1) is 21.5. The van der Waals surface area contributed by atoms with E-state index in [1.54, 1.807) is 0 Å². The summed E-state index contributed by atoms with van der Waals surface area (Å²) in [5.74, 6) is -1.69. The molecule has 0 radical (unpaired) electrons. The van der Waals surface area contributed by atoms with Gasteiger partial charge in [0, 0.05) is 23.8 Å². The van der Waals surface area contributed by atoms with Crippen molar-refractivity contribution >= 4 is 23.5 Å². The zero-order valence-electron chi connectivity index (χ0n) is 15.0. The van der Waals surface area contributed by atoms with E-state index in [4.69, 9.17) is 9.47 Å². The second-order valence-electron chi connectivity index (χ2n) is 5.46. The molecule has 0 atom stereocenters. The van der Waals surface area contributed by atoms with Crippen LogP contribution in [0.4, 0.5) is 14.5 Å². The fraction of sp³-hybridized carbons (Fsp3) is 0.158. The van der Waals surface area contributed by atoms with Crippen LogP contribution in [0, 0.1) is 10.1 Å². The van der Waals surface area contributed by atoms with Gasteiger partial charge in [-0.2, -0.15) is 8.78 Å². The maximum absolute atomic E-state index is 12.3. The molecule has 0 N–H and O–H groups in total. The number of hydrogen-bond donors (Lipinski definition) is 0. The molecule has 29 heavy (non-hydrogen) atoms. The minimum atomic E-state index is -3.05. The van der Waals surface area contributed by atoms with E-state index in [9.17, 15) is 28.5 Å². The molecule has 0 bridgehead atoms. The van der Waals surface area contributed by atoms with Gasteiger partial charge in [-0.3, -0.25) is 14.9 Å². The maximum Gasteiger partial charge on any atom is 0.387 e. The van der Waals surface area contributed by atoms with Crippen LogP contribution >= 0.6 is 0 Å². The molecule has 152 valence electrons. The molecule has 0 saturated heterocycles. The lowest BCUT2D eigenvalue weighted by Crippen LogP contribution is -2.13. The Labute approximate surface area is 163 Å². The highest BCUT2D eigenvalue weighted by atomic mass is 19.3. The number of ether oxygens (including phenoxy) is 3. The summed E-state index contributed by atoms with van der Waals surface area (Å²) in [6.45, 7) is -3.63. The number of Topliss-reactive ketones (excluding diaryl/α,β-unsaturated/α-hetero) is 1. The average Bonchev–Trinajstić information content (AvgIpc) is 2.70. The van der Waals surface area contributed by atoms with Gasteiger partial charge in [-0.25, -0.2) is 4.79 Å². The second kappa shape index (κ2) is 9.93. The van der Waals surface area contributed by atoms with Crippen molar-refractivity contribution in [3.8, 4) is 11.5 Å². The molecule has 0 aliphatic heterocycles. The van der Waals surface area contributed by atoms with E-state index in [0.29, 0.717) is 5.56 Å². The molecule has 0 aliphatic carbocycles. The van der Waals surface area contributed by atoms with Crippen LogP contribution in [0.15, 0.2) is 48.5 Å². The van der Waals surface area contributed by atoms with Gasteiger partial charge < -0.3 is 14.2 Å². The number of carbonyl (C=O) groups excluding carboxylic acids is 2. The molecule has 0 spiro atoms. The fourth-order valence-corrected chi connectivity index (χ4v) is 2.17. The molecular weight excluding hydrogens is 392 g/mol. The normalized spacial score (nSPS) is 10.8. The quantitative estimate of drug-likeness (QED) is 0.205. The van der Waals surface area contributed by atoms with Crippen molar-refractivity contribution in [3.05, 3.63) is 69.8 Å². The molecule has 2 aromatic rings. The molecule has 0 saturated carbocycles. The number of nitro benzene ring substituents is 1. The topological polar surface area (TPSA) is 105 Å². The molecule has 0 unspecified atom stereocenters. The minimum absolute atomic E-state index is 0.0689. The van der Waals surface area contributed by atoms with Crippen molar-refractivity contribution in [2.45, 2.75) is 6.61 Å². The van der Waals surface area contributed by atoms with Gasteiger partial charge in [-0.15, -0.1) is 0 Å². The first-order valence-corrected chi connectivity index (χ1v) is 8.05. The van der Waals surface area contributed by atoms with Gasteiger partial charge in [0.15, 0.2) is 23.9 Å². The molecule has 8 nitrogen and oxygen atoms in total. The smallest absolute Gasteiger partial charge is 0.387 e. The van der Waals surface area contributed by atoms with Gasteiger partial charge in [0.25, 0.3) is 5.69 Å². The summed E-state index contributed by atoms with van der Waals surface area (Å²) < 4.78 is 38.6. The Morgan fingerprint density at radius 2 is 1.83 bits per heavy atom. The zero-order chi connectivity index (χ0) is 21.4. The van der Waals surface area contributed by atoms with E-state index in [2.05, 4.69) is 4.74 Å². The predicted molar refractivity (Wildman–Crippen MR) is 97.0 cm³/mol. The number of non-ortho nitro benzene ring substituents is 1. The van der Waals surface area contributed by atoms with Crippen molar-refractivity contribution in [2.24, 2.45) is 0 Å². The third kappa shape index (κ3) is 6.38. The lowest BCUT2D eigenvalue weighted by Gasteiger charge is -2.11. The van der Waals surface area contributed by atoms with Crippen molar-refractivity contribution in [3.63, 3.8) is 0 Å². The van der Waals surface area contributed by atoms with Crippen LogP contribution in [-0.2, 0) is 9.53 Å². The molecular formula is C19H15F2NO7. The highest BCUT2D eigenvalue weighted by Crippen LogP contribution is 2.29. The van der Waals surface area contributed by atoms with Crippen molar-refractivity contribution in [1.82, 2.24) is 0 Å². The van der Waals surface area contributed by atoms with Gasteiger partial charge in [-0.05, 0) is 42.0 Å². The number of nitro groups is 1. The number of hydrogen-bond acceptors (Lipinski definition) is 7. The van der Waals surface area contributed by atoms with Crippen molar-refractivity contribution < 1.29 is 37.5 Å². The summed E-state index contributed by atoms with van der Waals surface area (Å²) in [6, 6.07) is 9.04. The average molecular weight is 407 g/mol. The molecule has 10 heteroatoms. The minimum Gasteiger partial charge on any atom is -0.493 e. The number of esters is 1. The third-order valence-corrected chi connectivity index (χ3v) is 3.56. The van der Waals surface area contributed by atoms with E-state index < -0.39 is 29.9 Å². The van der Waals surface area contributed by atoms with Gasteiger partial charge >= 0.3 is 12.6 Å². The van der Waals surface area contributed by atoms with E-state index in [1.807, 2.05) is 0 Å². The number of carbonyl (C=O) groups is 2. The summed E-state index contributed by atoms with van der Waals surface area (Å²) in [5.41, 5.74) is 0.518. The predicted octanol–water partition coefficient (Wildman–Crippen LogP) is 3.64. The number of nitrogens with zero attached hydrogens (tertiary/aromatic N) is 1. The van der Waals surface area contributed by atoms with Crippen LogP contribution < -0.4 is 9.47 Å². The first-order chi connectivity index (χ1) is 13.8. The Morgan fingerprint density at radius 3 is 2.41 bits per heavy atom. The third-order valence-electron chi connectivity index (χ3n) is 3.56. The number of methoxy groups -OCH3 is 1. The number of alkyl halides is 2.